The van der Waals surface area contributed by atoms with Gasteiger partial charge < -0.3 is 10.6 Å². The second kappa shape index (κ2) is 5.42. The first kappa shape index (κ1) is 15.4. The lowest BCUT2D eigenvalue weighted by Crippen LogP contribution is -2.39. The third-order valence-electron chi connectivity index (χ3n) is 3.84. The van der Waals surface area contributed by atoms with Crippen LogP contribution in [0.15, 0.2) is 12.1 Å². The Labute approximate surface area is 119 Å². The number of anilines is 2. The first-order chi connectivity index (χ1) is 9.70. The van der Waals surface area contributed by atoms with Crippen LogP contribution in [0.3, 0.4) is 0 Å². The molecule has 0 aliphatic carbocycles. The van der Waals surface area contributed by atoms with Gasteiger partial charge in [0, 0.05) is 24.8 Å². The summed E-state index contributed by atoms with van der Waals surface area (Å²) >= 11 is 0. The maximum absolute atomic E-state index is 12.6. The first-order valence-corrected chi connectivity index (χ1v) is 6.56. The van der Waals surface area contributed by atoms with Crippen molar-refractivity contribution >= 4 is 17.1 Å². The van der Waals surface area contributed by atoms with Gasteiger partial charge in [-0.3, -0.25) is 10.1 Å². The molecule has 0 saturated carbocycles. The average molecular weight is 303 g/mol. The van der Waals surface area contributed by atoms with Gasteiger partial charge in [-0.05, 0) is 31.4 Å². The molecule has 0 unspecified atom stereocenters. The number of rotatable bonds is 2. The Kier molecular flexibility index (Phi) is 3.97. The zero-order valence-corrected chi connectivity index (χ0v) is 11.5. The van der Waals surface area contributed by atoms with E-state index in [1.54, 1.807) is 11.8 Å². The molecule has 0 radical (unpaired) electrons. The molecule has 1 aromatic carbocycles. The van der Waals surface area contributed by atoms with Gasteiger partial charge in [-0.25, -0.2) is 0 Å². The Morgan fingerprint density at radius 2 is 1.90 bits per heavy atom. The van der Waals surface area contributed by atoms with Crippen molar-refractivity contribution in [3.8, 4) is 0 Å². The minimum atomic E-state index is -4.16. The van der Waals surface area contributed by atoms with Crippen LogP contribution in [0.5, 0.6) is 0 Å². The quantitative estimate of drug-likeness (QED) is 0.517. The Balaban J connectivity index is 2.18. The monoisotopic (exact) mass is 303 g/mol. The van der Waals surface area contributed by atoms with Crippen molar-refractivity contribution in [3.63, 3.8) is 0 Å². The van der Waals surface area contributed by atoms with Crippen molar-refractivity contribution in [2.75, 3.05) is 23.7 Å². The number of hydrogen-bond donors (Lipinski definition) is 1. The molecule has 2 N–H and O–H groups in total. The molecule has 1 saturated heterocycles. The van der Waals surface area contributed by atoms with E-state index >= 15 is 0 Å². The molecule has 0 bridgehead atoms. The van der Waals surface area contributed by atoms with Gasteiger partial charge in [0.05, 0.1) is 10.8 Å². The Hall–Kier alpha value is -1.99. The molecule has 2 rings (SSSR count). The summed E-state index contributed by atoms with van der Waals surface area (Å²) in [6, 6.07) is 2.84. The maximum Gasteiger partial charge on any atom is 0.391 e. The van der Waals surface area contributed by atoms with E-state index in [2.05, 4.69) is 0 Å². The number of nitrogen functional groups attached to an aromatic ring is 1. The SMILES string of the molecule is Cc1cc([N+](=O)[O-])c(N)cc1N1CCC(C(F)(F)F)CC1. The average Bonchev–Trinajstić information content (AvgIpc) is 2.40. The van der Waals surface area contributed by atoms with Gasteiger partial charge in [0.1, 0.15) is 5.69 Å². The third kappa shape index (κ3) is 3.20. The highest BCUT2D eigenvalue weighted by Gasteiger charge is 2.41. The second-order valence-corrected chi connectivity index (χ2v) is 5.26. The second-order valence-electron chi connectivity index (χ2n) is 5.26. The molecule has 0 spiro atoms. The van der Waals surface area contributed by atoms with Crippen LogP contribution in [-0.2, 0) is 0 Å². The molecule has 8 heteroatoms. The Morgan fingerprint density at radius 3 is 2.38 bits per heavy atom. The lowest BCUT2D eigenvalue weighted by molar-refractivity contribution is -0.383. The molecule has 1 heterocycles. The van der Waals surface area contributed by atoms with Crippen LogP contribution >= 0.6 is 0 Å². The predicted octanol–water partition coefficient (Wildman–Crippen LogP) is 3.26. The molecule has 0 amide bonds. The zero-order valence-electron chi connectivity index (χ0n) is 11.5. The van der Waals surface area contributed by atoms with Crippen molar-refractivity contribution in [2.45, 2.75) is 25.9 Å². The minimum absolute atomic E-state index is 0.0264. The van der Waals surface area contributed by atoms with Crippen molar-refractivity contribution < 1.29 is 18.1 Å². The van der Waals surface area contributed by atoms with Gasteiger partial charge in [-0.15, -0.1) is 0 Å². The molecule has 0 atom stereocenters. The summed E-state index contributed by atoms with van der Waals surface area (Å²) in [5.41, 5.74) is 6.80. The number of aryl methyl sites for hydroxylation is 1. The number of alkyl halides is 3. The predicted molar refractivity (Wildman–Crippen MR) is 73.2 cm³/mol. The molecule has 21 heavy (non-hydrogen) atoms. The minimum Gasteiger partial charge on any atom is -0.393 e. The normalized spacial score (nSPS) is 17.0. The van der Waals surface area contributed by atoms with E-state index in [1.807, 2.05) is 0 Å². The van der Waals surface area contributed by atoms with Gasteiger partial charge in [-0.2, -0.15) is 13.2 Å². The topological polar surface area (TPSA) is 72.4 Å². The fourth-order valence-corrected chi connectivity index (χ4v) is 2.64. The van der Waals surface area contributed by atoms with E-state index in [-0.39, 0.29) is 37.3 Å². The Morgan fingerprint density at radius 1 is 1.33 bits per heavy atom. The van der Waals surface area contributed by atoms with E-state index < -0.39 is 17.0 Å². The Bertz CT molecular complexity index is 552. The van der Waals surface area contributed by atoms with Crippen molar-refractivity contribution in [1.82, 2.24) is 0 Å². The van der Waals surface area contributed by atoms with Crippen molar-refractivity contribution in [1.29, 1.82) is 0 Å². The maximum atomic E-state index is 12.6. The smallest absolute Gasteiger partial charge is 0.391 e. The van der Waals surface area contributed by atoms with Gasteiger partial charge in [-0.1, -0.05) is 0 Å². The van der Waals surface area contributed by atoms with E-state index in [4.69, 9.17) is 5.73 Å². The van der Waals surface area contributed by atoms with Crippen LogP contribution in [0.2, 0.25) is 0 Å². The van der Waals surface area contributed by atoms with Crippen LogP contribution in [-0.4, -0.2) is 24.2 Å². The van der Waals surface area contributed by atoms with Crippen LogP contribution < -0.4 is 10.6 Å². The number of benzene rings is 1. The highest BCUT2D eigenvalue weighted by Crippen LogP contribution is 2.37. The summed E-state index contributed by atoms with van der Waals surface area (Å²) in [6.07, 6.45) is -4.10. The van der Waals surface area contributed by atoms with E-state index in [0.717, 1.165) is 0 Å². The van der Waals surface area contributed by atoms with Gasteiger partial charge in [0.2, 0.25) is 0 Å². The fraction of sp³-hybridized carbons (Fsp3) is 0.538. The largest absolute Gasteiger partial charge is 0.393 e. The van der Waals surface area contributed by atoms with Gasteiger partial charge in [0.25, 0.3) is 5.69 Å². The summed E-state index contributed by atoms with van der Waals surface area (Å²) in [5.74, 6) is -1.27. The van der Waals surface area contributed by atoms with Crippen LogP contribution in [0.1, 0.15) is 18.4 Å². The number of nitrogens with zero attached hydrogens (tertiary/aromatic N) is 2. The number of nitrogens with two attached hydrogens (primary N) is 1. The van der Waals surface area contributed by atoms with E-state index in [9.17, 15) is 23.3 Å². The number of piperidine rings is 1. The number of nitro benzene ring substituents is 1. The number of halogens is 3. The zero-order chi connectivity index (χ0) is 15.8. The van der Waals surface area contributed by atoms with Crippen molar-refractivity contribution in [3.05, 3.63) is 27.8 Å². The standard InChI is InChI=1S/C13H16F3N3O2/c1-8-6-12(19(20)21)10(17)7-11(8)18-4-2-9(3-5-18)13(14,15)16/h6-7,9H,2-5,17H2,1H3. The summed E-state index contributed by atoms with van der Waals surface area (Å²) in [5, 5.41) is 10.8. The van der Waals surface area contributed by atoms with Crippen LogP contribution in [0.25, 0.3) is 0 Å². The summed E-state index contributed by atoms with van der Waals surface area (Å²) in [4.78, 5) is 12.0. The van der Waals surface area contributed by atoms with E-state index in [0.29, 0.717) is 11.3 Å². The number of hydrogen-bond acceptors (Lipinski definition) is 4. The number of nitro groups is 1. The molecule has 1 aliphatic rings. The lowest BCUT2D eigenvalue weighted by atomic mass is 9.95. The molecular formula is C13H16F3N3O2. The summed E-state index contributed by atoms with van der Waals surface area (Å²) in [7, 11) is 0. The molecular weight excluding hydrogens is 287 g/mol. The molecule has 5 nitrogen and oxygen atoms in total. The van der Waals surface area contributed by atoms with Gasteiger partial charge in [0.15, 0.2) is 0 Å². The third-order valence-corrected chi connectivity index (χ3v) is 3.84. The molecule has 1 aromatic rings. The molecule has 0 aromatic heterocycles. The summed E-state index contributed by atoms with van der Waals surface area (Å²) < 4.78 is 37.9. The summed E-state index contributed by atoms with van der Waals surface area (Å²) in [6.45, 7) is 2.22. The van der Waals surface area contributed by atoms with Crippen LogP contribution in [0, 0.1) is 23.0 Å². The van der Waals surface area contributed by atoms with Crippen LogP contribution in [0.4, 0.5) is 30.2 Å². The molecule has 1 aliphatic heterocycles. The molecule has 1 fully saturated rings. The molecule has 116 valence electrons. The van der Waals surface area contributed by atoms with Gasteiger partial charge >= 0.3 is 6.18 Å². The first-order valence-electron chi connectivity index (χ1n) is 6.56. The van der Waals surface area contributed by atoms with E-state index in [1.165, 1.54) is 12.1 Å². The fourth-order valence-electron chi connectivity index (χ4n) is 2.64. The lowest BCUT2D eigenvalue weighted by Gasteiger charge is -2.35. The van der Waals surface area contributed by atoms with Crippen molar-refractivity contribution in [2.24, 2.45) is 5.92 Å². The highest BCUT2D eigenvalue weighted by molar-refractivity contribution is 5.70. The highest BCUT2D eigenvalue weighted by atomic mass is 19.4.